The second-order valence-electron chi connectivity index (χ2n) is 16.7. The van der Waals surface area contributed by atoms with Gasteiger partial charge in [0, 0.05) is 48.9 Å². The summed E-state index contributed by atoms with van der Waals surface area (Å²) in [5, 5.41) is 0. The Hall–Kier alpha value is -2.88. The molecule has 0 heterocycles. The maximum Gasteiger partial charge on any atom is 0.142 e. The fourth-order valence-corrected chi connectivity index (χ4v) is 10.3. The molecule has 2 aromatic rings. The number of hydrogen-bond donors (Lipinski definition) is 0. The molecule has 2 atom stereocenters. The van der Waals surface area contributed by atoms with Gasteiger partial charge in [0.25, 0.3) is 0 Å². The number of aryl methyl sites for hydroxylation is 2. The summed E-state index contributed by atoms with van der Waals surface area (Å²) in [6.45, 7) is 6.04. The molecule has 0 aliphatic heterocycles. The van der Waals surface area contributed by atoms with E-state index in [4.69, 9.17) is 0 Å². The van der Waals surface area contributed by atoms with Crippen molar-refractivity contribution in [2.75, 3.05) is 0 Å². The largest absolute Gasteiger partial charge is 0.299 e. The molecular weight excluding hydrogens is 592 g/mol. The molecule has 4 heteroatoms. The second kappa shape index (κ2) is 15.3. The molecule has 48 heavy (non-hydrogen) atoms. The molecule has 258 valence electrons. The lowest BCUT2D eigenvalue weighted by Gasteiger charge is -2.39. The van der Waals surface area contributed by atoms with Gasteiger partial charge >= 0.3 is 0 Å². The van der Waals surface area contributed by atoms with Gasteiger partial charge < -0.3 is 0 Å². The Morgan fingerprint density at radius 3 is 2.02 bits per heavy atom. The third kappa shape index (κ3) is 8.11. The molecule has 0 radical (unpaired) electrons. The van der Waals surface area contributed by atoms with Crippen molar-refractivity contribution in [3.63, 3.8) is 0 Å². The highest BCUT2D eigenvalue weighted by Crippen LogP contribution is 2.45. The van der Waals surface area contributed by atoms with Gasteiger partial charge in [-0.1, -0.05) is 87.1 Å². The molecule has 0 N–H and O–H groups in total. The fourth-order valence-electron chi connectivity index (χ4n) is 10.3. The van der Waals surface area contributed by atoms with Gasteiger partial charge in [0.1, 0.15) is 23.1 Å². The first kappa shape index (κ1) is 35.0. The highest BCUT2D eigenvalue weighted by atomic mass is 16.1. The highest BCUT2D eigenvalue weighted by Gasteiger charge is 2.44. The maximum absolute atomic E-state index is 14.5. The van der Waals surface area contributed by atoms with Gasteiger partial charge in [-0.2, -0.15) is 0 Å². The SMILES string of the molecule is Cc1ccc(CC(=O)CC(C)(CC(=O)C2CCC(C3Cc4ccccc4CC3=O)CC2)C(=O)C2CCC(C3CCCCC3)CC2)c(C)c1. The highest BCUT2D eigenvalue weighted by molar-refractivity contribution is 5.97. The summed E-state index contributed by atoms with van der Waals surface area (Å²) in [4.78, 5) is 55.4. The molecule has 0 spiro atoms. The fraction of sp³-hybridized carbons (Fsp3) is 0.636. The Morgan fingerprint density at radius 1 is 0.708 bits per heavy atom. The monoisotopic (exact) mass is 650 g/mol. The van der Waals surface area contributed by atoms with Crippen molar-refractivity contribution in [3.05, 3.63) is 70.3 Å². The van der Waals surface area contributed by atoms with E-state index < -0.39 is 5.41 Å². The van der Waals surface area contributed by atoms with Crippen LogP contribution in [0.1, 0.15) is 131 Å². The summed E-state index contributed by atoms with van der Waals surface area (Å²) in [6.07, 6.45) is 16.0. The average molecular weight is 651 g/mol. The molecule has 0 aromatic heterocycles. The van der Waals surface area contributed by atoms with Crippen LogP contribution < -0.4 is 0 Å². The number of fused-ring (bicyclic) bond motifs is 1. The quantitative estimate of drug-likeness (QED) is 0.243. The predicted molar refractivity (Wildman–Crippen MR) is 192 cm³/mol. The smallest absolute Gasteiger partial charge is 0.142 e. The lowest BCUT2D eigenvalue weighted by molar-refractivity contribution is -0.142. The van der Waals surface area contributed by atoms with Crippen molar-refractivity contribution in [3.8, 4) is 0 Å². The molecule has 6 rings (SSSR count). The van der Waals surface area contributed by atoms with Crippen molar-refractivity contribution >= 4 is 23.1 Å². The standard InChI is InChI=1S/C44H58O4/c1-29-13-14-36(30(2)23-29)24-39(45)27-44(3,43(48)35-21-15-32(16-22-35)31-9-5-4-6-10-31)28-42(47)34-19-17-33(18-20-34)40-25-37-11-7-8-12-38(37)26-41(40)46/h7-8,11-14,23,31-35,40H,4-6,9-10,15-22,24-28H2,1-3H3. The Kier molecular flexibility index (Phi) is 11.2. The van der Waals surface area contributed by atoms with Gasteiger partial charge in [-0.15, -0.1) is 0 Å². The van der Waals surface area contributed by atoms with Crippen LogP contribution in [0, 0.1) is 54.8 Å². The molecule has 4 nitrogen and oxygen atoms in total. The van der Waals surface area contributed by atoms with Crippen molar-refractivity contribution < 1.29 is 19.2 Å². The minimum atomic E-state index is -0.963. The van der Waals surface area contributed by atoms with Crippen LogP contribution in [0.25, 0.3) is 0 Å². The zero-order valence-electron chi connectivity index (χ0n) is 29.9. The van der Waals surface area contributed by atoms with Gasteiger partial charge in [-0.3, -0.25) is 19.2 Å². The second-order valence-corrected chi connectivity index (χ2v) is 16.7. The summed E-state index contributed by atoms with van der Waals surface area (Å²) in [5.74, 6) is 2.50. The zero-order valence-corrected chi connectivity index (χ0v) is 29.9. The number of Topliss-reactive ketones (excluding diaryl/α,β-unsaturated/α-hetero) is 4. The minimum absolute atomic E-state index is 0.0486. The van der Waals surface area contributed by atoms with Crippen molar-refractivity contribution in [1.29, 1.82) is 0 Å². The van der Waals surface area contributed by atoms with E-state index in [1.165, 1.54) is 48.8 Å². The number of rotatable bonds is 11. The third-order valence-corrected chi connectivity index (χ3v) is 13.2. The summed E-state index contributed by atoms with van der Waals surface area (Å²) in [7, 11) is 0. The first-order chi connectivity index (χ1) is 23.1. The van der Waals surface area contributed by atoms with Crippen LogP contribution in [0.5, 0.6) is 0 Å². The lowest BCUT2D eigenvalue weighted by atomic mass is 9.64. The van der Waals surface area contributed by atoms with Gasteiger partial charge in [-0.05, 0) is 112 Å². The Labute approximate surface area is 289 Å². The van der Waals surface area contributed by atoms with E-state index in [9.17, 15) is 19.2 Å². The summed E-state index contributed by atoms with van der Waals surface area (Å²) in [5.41, 5.74) is 4.79. The van der Waals surface area contributed by atoms with Crippen molar-refractivity contribution in [2.45, 2.75) is 136 Å². The van der Waals surface area contributed by atoms with Gasteiger partial charge in [0.2, 0.25) is 0 Å². The van der Waals surface area contributed by atoms with Crippen LogP contribution in [-0.4, -0.2) is 23.1 Å². The van der Waals surface area contributed by atoms with Gasteiger partial charge in [-0.25, -0.2) is 0 Å². The molecule has 4 aliphatic carbocycles. The Bertz CT molecular complexity index is 1480. The van der Waals surface area contributed by atoms with Gasteiger partial charge in [0.05, 0.1) is 0 Å². The van der Waals surface area contributed by atoms with Crippen molar-refractivity contribution in [1.82, 2.24) is 0 Å². The number of carbonyl (C=O) groups excluding carboxylic acids is 4. The van der Waals surface area contributed by atoms with E-state index >= 15 is 0 Å². The number of hydrogen-bond acceptors (Lipinski definition) is 4. The molecular formula is C44H58O4. The molecule has 3 fully saturated rings. The number of benzene rings is 2. The normalized spacial score (nSPS) is 27.9. The summed E-state index contributed by atoms with van der Waals surface area (Å²) in [6, 6.07) is 14.5. The van der Waals surface area contributed by atoms with Gasteiger partial charge in [0.15, 0.2) is 0 Å². The molecule has 2 aromatic carbocycles. The molecule has 3 saturated carbocycles. The van der Waals surface area contributed by atoms with E-state index in [1.807, 2.05) is 32.0 Å². The molecule has 0 amide bonds. The molecule has 4 aliphatic rings. The van der Waals surface area contributed by atoms with Crippen LogP contribution in [0.2, 0.25) is 0 Å². The first-order valence-electron chi connectivity index (χ1n) is 19.3. The van der Waals surface area contributed by atoms with Crippen LogP contribution in [0.4, 0.5) is 0 Å². The molecule has 0 saturated heterocycles. The van der Waals surface area contributed by atoms with E-state index in [0.29, 0.717) is 24.5 Å². The predicted octanol–water partition coefficient (Wildman–Crippen LogP) is 9.52. The minimum Gasteiger partial charge on any atom is -0.299 e. The Morgan fingerprint density at radius 2 is 1.33 bits per heavy atom. The Balaban J connectivity index is 1.11. The third-order valence-electron chi connectivity index (χ3n) is 13.2. The molecule has 2 unspecified atom stereocenters. The average Bonchev–Trinajstić information content (AvgIpc) is 3.09. The van der Waals surface area contributed by atoms with E-state index in [1.54, 1.807) is 0 Å². The zero-order chi connectivity index (χ0) is 33.8. The van der Waals surface area contributed by atoms with E-state index in [2.05, 4.69) is 31.2 Å². The van der Waals surface area contributed by atoms with Crippen LogP contribution >= 0.6 is 0 Å². The number of ketones is 4. The lowest BCUT2D eigenvalue weighted by Crippen LogP contribution is -2.41. The van der Waals surface area contributed by atoms with Crippen LogP contribution in [0.3, 0.4) is 0 Å². The van der Waals surface area contributed by atoms with Crippen LogP contribution in [0.15, 0.2) is 42.5 Å². The topological polar surface area (TPSA) is 68.3 Å². The number of carbonyl (C=O) groups is 4. The summed E-state index contributed by atoms with van der Waals surface area (Å²) >= 11 is 0. The summed E-state index contributed by atoms with van der Waals surface area (Å²) < 4.78 is 0. The molecule has 0 bridgehead atoms. The maximum atomic E-state index is 14.5. The van der Waals surface area contributed by atoms with E-state index in [0.717, 1.165) is 80.8 Å². The van der Waals surface area contributed by atoms with E-state index in [-0.39, 0.29) is 47.9 Å². The first-order valence-corrected chi connectivity index (χ1v) is 19.3. The van der Waals surface area contributed by atoms with Crippen molar-refractivity contribution in [2.24, 2.45) is 40.9 Å². The van der Waals surface area contributed by atoms with Crippen LogP contribution in [-0.2, 0) is 38.4 Å².